The molecule has 0 nitrogen and oxygen atoms in total. The molecular weight excluding hydrogens is 120 g/mol. The number of hydrogen-bond acceptors (Lipinski definition) is 0. The van der Waals surface area contributed by atoms with Crippen LogP contribution in [0.4, 0.5) is 0 Å². The minimum Gasteiger partial charge on any atom is -0.0845 e. The molecule has 1 rings (SSSR count). The zero-order chi connectivity index (χ0) is 7.07. The Hall–Kier alpha value is -0.780. The van der Waals surface area contributed by atoms with E-state index in [9.17, 15) is 0 Å². The Kier molecular flexibility index (Phi) is 3.69. The van der Waals surface area contributed by atoms with Gasteiger partial charge in [-0.15, -0.1) is 0 Å². The van der Waals surface area contributed by atoms with E-state index in [1.54, 1.807) is 0 Å². The van der Waals surface area contributed by atoms with Crippen molar-refractivity contribution in [1.82, 2.24) is 0 Å². The first kappa shape index (κ1) is 7.33. The van der Waals surface area contributed by atoms with E-state index in [4.69, 9.17) is 0 Å². The van der Waals surface area contributed by atoms with Gasteiger partial charge in [0.2, 0.25) is 0 Å². The van der Waals surface area contributed by atoms with Crippen LogP contribution in [0.1, 0.15) is 19.3 Å². The van der Waals surface area contributed by atoms with Gasteiger partial charge in [0.25, 0.3) is 0 Å². The Labute approximate surface area is 62.9 Å². The van der Waals surface area contributed by atoms with Gasteiger partial charge in [-0.3, -0.25) is 0 Å². The summed E-state index contributed by atoms with van der Waals surface area (Å²) in [6, 6.07) is 0. The largest absolute Gasteiger partial charge is 0.0845 e. The van der Waals surface area contributed by atoms with Crippen molar-refractivity contribution in [2.75, 3.05) is 0 Å². The van der Waals surface area contributed by atoms with Gasteiger partial charge in [0.15, 0.2) is 0 Å². The molecular formula is C10H13. The van der Waals surface area contributed by atoms with E-state index in [0.717, 1.165) is 6.42 Å². The fourth-order valence-corrected chi connectivity index (χ4v) is 0.888. The maximum Gasteiger partial charge on any atom is -0.0316 e. The second-order valence-electron chi connectivity index (χ2n) is 2.34. The van der Waals surface area contributed by atoms with Gasteiger partial charge in [0.1, 0.15) is 0 Å². The normalized spacial score (nSPS) is 28.8. The summed E-state index contributed by atoms with van der Waals surface area (Å²) in [5.74, 6) is 0. The molecule has 0 spiro atoms. The van der Waals surface area contributed by atoms with Crippen LogP contribution in [-0.2, 0) is 0 Å². The first-order valence-electron chi connectivity index (χ1n) is 3.80. The molecule has 1 aliphatic rings. The van der Waals surface area contributed by atoms with Gasteiger partial charge in [0, 0.05) is 0 Å². The molecule has 1 aliphatic carbocycles. The number of hydrogen-bond donors (Lipinski definition) is 0. The highest BCUT2D eigenvalue weighted by Crippen LogP contribution is 2.01. The van der Waals surface area contributed by atoms with Crippen LogP contribution in [0.25, 0.3) is 0 Å². The average Bonchev–Trinajstić information content (AvgIpc) is 2.01. The third-order valence-electron chi connectivity index (χ3n) is 1.45. The van der Waals surface area contributed by atoms with Crippen LogP contribution in [0.5, 0.6) is 0 Å². The summed E-state index contributed by atoms with van der Waals surface area (Å²) in [5, 5.41) is 0. The van der Waals surface area contributed by atoms with Gasteiger partial charge in [-0.05, 0) is 25.7 Å². The highest BCUT2D eigenvalue weighted by atomic mass is 13.9. The van der Waals surface area contributed by atoms with E-state index in [-0.39, 0.29) is 0 Å². The Balaban J connectivity index is 2.40. The molecule has 0 atom stereocenters. The van der Waals surface area contributed by atoms with Crippen molar-refractivity contribution in [2.45, 2.75) is 19.3 Å². The molecule has 10 heavy (non-hydrogen) atoms. The second-order valence-corrected chi connectivity index (χ2v) is 2.34. The second kappa shape index (κ2) is 5.04. The van der Waals surface area contributed by atoms with Crippen LogP contribution in [0, 0.1) is 6.42 Å². The van der Waals surface area contributed by atoms with Gasteiger partial charge < -0.3 is 0 Å². The molecule has 0 saturated carbocycles. The summed E-state index contributed by atoms with van der Waals surface area (Å²) in [4.78, 5) is 0. The summed E-state index contributed by atoms with van der Waals surface area (Å²) in [7, 11) is 0. The predicted molar refractivity (Wildman–Crippen MR) is 45.6 cm³/mol. The Bertz CT molecular complexity index is 131. The van der Waals surface area contributed by atoms with Crippen LogP contribution in [0.15, 0.2) is 36.5 Å². The van der Waals surface area contributed by atoms with Gasteiger partial charge in [-0.1, -0.05) is 36.5 Å². The molecule has 0 N–H and O–H groups in total. The van der Waals surface area contributed by atoms with E-state index < -0.39 is 0 Å². The lowest BCUT2D eigenvalue weighted by Crippen LogP contribution is -1.74. The van der Waals surface area contributed by atoms with Gasteiger partial charge >= 0.3 is 0 Å². The van der Waals surface area contributed by atoms with Crippen LogP contribution in [-0.4, -0.2) is 0 Å². The minimum absolute atomic E-state index is 1.11. The van der Waals surface area contributed by atoms with E-state index in [1.165, 1.54) is 12.8 Å². The zero-order valence-corrected chi connectivity index (χ0v) is 6.16. The lowest BCUT2D eigenvalue weighted by atomic mass is 10.1. The fraction of sp³-hybridized carbons (Fsp3) is 0.300. The van der Waals surface area contributed by atoms with Gasteiger partial charge in [0.05, 0.1) is 0 Å². The minimum atomic E-state index is 1.11. The van der Waals surface area contributed by atoms with Crippen molar-refractivity contribution >= 4 is 0 Å². The lowest BCUT2D eigenvalue weighted by molar-refractivity contribution is 0.933. The number of rotatable bonds is 0. The van der Waals surface area contributed by atoms with Crippen molar-refractivity contribution in [1.29, 1.82) is 0 Å². The van der Waals surface area contributed by atoms with Gasteiger partial charge in [-0.25, -0.2) is 0 Å². The topological polar surface area (TPSA) is 0 Å². The molecule has 0 fully saturated rings. The van der Waals surface area contributed by atoms with Crippen molar-refractivity contribution < 1.29 is 0 Å². The first-order valence-corrected chi connectivity index (χ1v) is 3.80. The summed E-state index contributed by atoms with van der Waals surface area (Å²) in [6.07, 6.45) is 18.5. The zero-order valence-electron chi connectivity index (χ0n) is 6.16. The van der Waals surface area contributed by atoms with Crippen LogP contribution in [0.2, 0.25) is 0 Å². The molecule has 0 aromatic rings. The lowest BCUT2D eigenvalue weighted by Gasteiger charge is -1.92. The maximum atomic E-state index is 2.31. The van der Waals surface area contributed by atoms with Crippen LogP contribution >= 0.6 is 0 Å². The SMILES string of the molecule is [CH]1C\C=C/C=C\C=C/CC1. The first-order chi connectivity index (χ1) is 5.00. The highest BCUT2D eigenvalue weighted by molar-refractivity contribution is 5.12. The molecule has 0 saturated heterocycles. The smallest absolute Gasteiger partial charge is 0.0316 e. The molecule has 0 aromatic carbocycles. The Morgan fingerprint density at radius 3 is 2.40 bits per heavy atom. The van der Waals surface area contributed by atoms with Crippen LogP contribution in [0.3, 0.4) is 0 Å². The van der Waals surface area contributed by atoms with Crippen molar-refractivity contribution in [3.05, 3.63) is 42.9 Å². The Morgan fingerprint density at radius 2 is 1.50 bits per heavy atom. The summed E-state index contributed by atoms with van der Waals surface area (Å²) in [5.41, 5.74) is 0. The van der Waals surface area contributed by atoms with Crippen molar-refractivity contribution in [3.63, 3.8) is 0 Å². The predicted octanol–water partition coefficient (Wildman–Crippen LogP) is 3.04. The number of allylic oxidation sites excluding steroid dienone is 6. The molecule has 0 aromatic heterocycles. The quantitative estimate of drug-likeness (QED) is 0.476. The average molecular weight is 133 g/mol. The summed E-state index contributed by atoms with van der Waals surface area (Å²) < 4.78 is 0. The van der Waals surface area contributed by atoms with Gasteiger partial charge in [-0.2, -0.15) is 0 Å². The van der Waals surface area contributed by atoms with Crippen molar-refractivity contribution in [3.8, 4) is 0 Å². The molecule has 1 radical (unpaired) electrons. The molecule has 0 heteroatoms. The maximum absolute atomic E-state index is 2.31. The van der Waals surface area contributed by atoms with E-state index in [2.05, 4.69) is 42.9 Å². The molecule has 0 amide bonds. The standard InChI is InChI=1S/C10H13/c1-2-4-6-8-10-9-7-5-3-1/h1-6,9H,7-8,10H2/b2-1-,5-3-,6-4-. The third-order valence-corrected chi connectivity index (χ3v) is 1.45. The molecule has 53 valence electrons. The van der Waals surface area contributed by atoms with E-state index >= 15 is 0 Å². The van der Waals surface area contributed by atoms with Crippen molar-refractivity contribution in [2.24, 2.45) is 0 Å². The Morgan fingerprint density at radius 1 is 0.700 bits per heavy atom. The van der Waals surface area contributed by atoms with E-state index in [1.807, 2.05) is 0 Å². The fourth-order valence-electron chi connectivity index (χ4n) is 0.888. The molecule has 0 unspecified atom stereocenters. The summed E-state index contributed by atoms with van der Waals surface area (Å²) >= 11 is 0. The van der Waals surface area contributed by atoms with Crippen LogP contribution < -0.4 is 0 Å². The highest BCUT2D eigenvalue weighted by Gasteiger charge is 1.83. The third kappa shape index (κ3) is 3.29. The summed E-state index contributed by atoms with van der Waals surface area (Å²) in [6.45, 7) is 0. The monoisotopic (exact) mass is 133 g/mol. The molecule has 0 aliphatic heterocycles. The van der Waals surface area contributed by atoms with E-state index in [0.29, 0.717) is 0 Å². The molecule has 0 bridgehead atoms. The molecule has 0 heterocycles.